The van der Waals surface area contributed by atoms with Gasteiger partial charge in [-0.3, -0.25) is 0 Å². The molecule has 0 aromatic heterocycles. The van der Waals surface area contributed by atoms with E-state index in [1.807, 2.05) is 19.1 Å². The van der Waals surface area contributed by atoms with Crippen molar-refractivity contribution in [2.24, 2.45) is 5.92 Å². The molecule has 1 aromatic rings. The SMILES string of the molecule is Cc1ccc(C(=O)O)c(N2CCC(CCO)C2)c1. The zero-order valence-electron chi connectivity index (χ0n) is 10.6. The van der Waals surface area contributed by atoms with Gasteiger partial charge in [0, 0.05) is 19.7 Å². The molecule has 0 radical (unpaired) electrons. The molecule has 4 nitrogen and oxygen atoms in total. The van der Waals surface area contributed by atoms with Crippen LogP contribution in [0, 0.1) is 12.8 Å². The third kappa shape index (κ3) is 2.64. The molecule has 98 valence electrons. The van der Waals surface area contributed by atoms with Crippen molar-refractivity contribution in [3.63, 3.8) is 0 Å². The maximum absolute atomic E-state index is 11.2. The first-order valence-electron chi connectivity index (χ1n) is 6.31. The van der Waals surface area contributed by atoms with Crippen molar-refractivity contribution in [2.45, 2.75) is 19.8 Å². The average molecular weight is 249 g/mol. The molecule has 0 spiro atoms. The number of hydrogen-bond donors (Lipinski definition) is 2. The number of rotatable bonds is 4. The minimum absolute atomic E-state index is 0.206. The van der Waals surface area contributed by atoms with Crippen LogP contribution in [0.1, 0.15) is 28.8 Å². The van der Waals surface area contributed by atoms with Crippen molar-refractivity contribution in [1.29, 1.82) is 0 Å². The predicted molar refractivity (Wildman–Crippen MR) is 70.2 cm³/mol. The maximum atomic E-state index is 11.2. The van der Waals surface area contributed by atoms with E-state index in [4.69, 9.17) is 5.11 Å². The Balaban J connectivity index is 2.23. The molecule has 1 atom stereocenters. The topological polar surface area (TPSA) is 60.8 Å². The molecule has 18 heavy (non-hydrogen) atoms. The predicted octanol–water partition coefficient (Wildman–Crippen LogP) is 1.90. The molecule has 0 bridgehead atoms. The smallest absolute Gasteiger partial charge is 0.337 e. The molecule has 1 heterocycles. The summed E-state index contributed by atoms with van der Waals surface area (Å²) in [6.07, 6.45) is 1.82. The van der Waals surface area contributed by atoms with Crippen LogP contribution in [-0.4, -0.2) is 35.9 Å². The zero-order valence-corrected chi connectivity index (χ0v) is 10.6. The fourth-order valence-corrected chi connectivity index (χ4v) is 2.55. The second-order valence-electron chi connectivity index (χ2n) is 4.94. The molecule has 4 heteroatoms. The minimum atomic E-state index is -0.879. The third-order valence-corrected chi connectivity index (χ3v) is 3.55. The van der Waals surface area contributed by atoms with Gasteiger partial charge in [-0.2, -0.15) is 0 Å². The van der Waals surface area contributed by atoms with Crippen LogP contribution >= 0.6 is 0 Å². The van der Waals surface area contributed by atoms with Crippen LogP contribution in [0.15, 0.2) is 18.2 Å². The van der Waals surface area contributed by atoms with Crippen molar-refractivity contribution in [1.82, 2.24) is 0 Å². The van der Waals surface area contributed by atoms with E-state index in [2.05, 4.69) is 4.90 Å². The summed E-state index contributed by atoms with van der Waals surface area (Å²) < 4.78 is 0. The van der Waals surface area contributed by atoms with Crippen LogP contribution < -0.4 is 4.90 Å². The number of carbonyl (C=O) groups is 1. The quantitative estimate of drug-likeness (QED) is 0.855. The van der Waals surface area contributed by atoms with Gasteiger partial charge in [-0.25, -0.2) is 4.79 Å². The standard InChI is InChI=1S/C14H19NO3/c1-10-2-3-12(14(17)18)13(8-10)15-6-4-11(9-15)5-7-16/h2-3,8,11,16H,4-7,9H2,1H3,(H,17,18). The molecule has 1 unspecified atom stereocenters. The lowest BCUT2D eigenvalue weighted by atomic mass is 10.1. The lowest BCUT2D eigenvalue weighted by Crippen LogP contribution is -2.22. The number of nitrogens with zero attached hydrogens (tertiary/aromatic N) is 1. The first kappa shape index (κ1) is 12.9. The number of aliphatic hydroxyl groups is 1. The summed E-state index contributed by atoms with van der Waals surface area (Å²) in [5, 5.41) is 18.2. The highest BCUT2D eigenvalue weighted by atomic mass is 16.4. The monoisotopic (exact) mass is 249 g/mol. The first-order chi connectivity index (χ1) is 8.61. The van der Waals surface area contributed by atoms with Gasteiger partial charge in [0.15, 0.2) is 0 Å². The largest absolute Gasteiger partial charge is 0.478 e. The number of aromatic carboxylic acids is 1. The Morgan fingerprint density at radius 1 is 1.50 bits per heavy atom. The fraction of sp³-hybridized carbons (Fsp3) is 0.500. The van der Waals surface area contributed by atoms with E-state index >= 15 is 0 Å². The Morgan fingerprint density at radius 3 is 2.94 bits per heavy atom. The number of anilines is 1. The van der Waals surface area contributed by atoms with Crippen LogP contribution in [0.2, 0.25) is 0 Å². The van der Waals surface area contributed by atoms with Gasteiger partial charge in [0.2, 0.25) is 0 Å². The first-order valence-corrected chi connectivity index (χ1v) is 6.31. The summed E-state index contributed by atoms with van der Waals surface area (Å²) in [7, 11) is 0. The molecular weight excluding hydrogens is 230 g/mol. The highest BCUT2D eigenvalue weighted by Gasteiger charge is 2.25. The van der Waals surface area contributed by atoms with E-state index in [9.17, 15) is 9.90 Å². The fourth-order valence-electron chi connectivity index (χ4n) is 2.55. The Bertz CT molecular complexity index is 445. The normalized spacial score (nSPS) is 19.2. The lowest BCUT2D eigenvalue weighted by molar-refractivity contribution is 0.0697. The number of carboxylic acid groups (broad SMARTS) is 1. The minimum Gasteiger partial charge on any atom is -0.478 e. The summed E-state index contributed by atoms with van der Waals surface area (Å²) in [6.45, 7) is 3.88. The van der Waals surface area contributed by atoms with Crippen LogP contribution in [0.3, 0.4) is 0 Å². The van der Waals surface area contributed by atoms with Crippen LogP contribution in [0.4, 0.5) is 5.69 Å². The van der Waals surface area contributed by atoms with Gasteiger partial charge in [0.1, 0.15) is 0 Å². The van der Waals surface area contributed by atoms with E-state index in [1.165, 1.54) is 0 Å². The molecule has 2 rings (SSSR count). The Kier molecular flexibility index (Phi) is 3.87. The van der Waals surface area contributed by atoms with Crippen molar-refractivity contribution in [3.8, 4) is 0 Å². The Hall–Kier alpha value is -1.55. The molecule has 2 N–H and O–H groups in total. The summed E-state index contributed by atoms with van der Waals surface area (Å²) in [5.41, 5.74) is 2.24. The second-order valence-corrected chi connectivity index (χ2v) is 4.94. The van der Waals surface area contributed by atoms with Crippen LogP contribution in [0.5, 0.6) is 0 Å². The van der Waals surface area contributed by atoms with E-state index in [0.717, 1.165) is 37.2 Å². The molecule has 1 aliphatic heterocycles. The summed E-state index contributed by atoms with van der Waals surface area (Å²) in [6, 6.07) is 5.44. The summed E-state index contributed by atoms with van der Waals surface area (Å²) in [4.78, 5) is 13.4. The second kappa shape index (κ2) is 5.40. The highest BCUT2D eigenvalue weighted by molar-refractivity contribution is 5.94. The van der Waals surface area contributed by atoms with Crippen molar-refractivity contribution in [3.05, 3.63) is 29.3 Å². The Labute approximate surface area is 107 Å². The maximum Gasteiger partial charge on any atom is 0.337 e. The number of aryl methyl sites for hydroxylation is 1. The molecule has 0 saturated carbocycles. The van der Waals surface area contributed by atoms with Crippen molar-refractivity contribution < 1.29 is 15.0 Å². The van der Waals surface area contributed by atoms with E-state index < -0.39 is 5.97 Å². The van der Waals surface area contributed by atoms with Gasteiger partial charge < -0.3 is 15.1 Å². The van der Waals surface area contributed by atoms with Gasteiger partial charge in [0.25, 0.3) is 0 Å². The average Bonchev–Trinajstić information content (AvgIpc) is 2.77. The molecular formula is C14H19NO3. The molecule has 1 aliphatic rings. The highest BCUT2D eigenvalue weighted by Crippen LogP contribution is 2.29. The van der Waals surface area contributed by atoms with Crippen molar-refractivity contribution >= 4 is 11.7 Å². The number of aliphatic hydroxyl groups excluding tert-OH is 1. The number of carboxylic acids is 1. The van der Waals surface area contributed by atoms with E-state index in [0.29, 0.717) is 11.5 Å². The molecule has 1 aromatic carbocycles. The van der Waals surface area contributed by atoms with Gasteiger partial charge >= 0.3 is 5.97 Å². The summed E-state index contributed by atoms with van der Waals surface area (Å²) >= 11 is 0. The van der Waals surface area contributed by atoms with E-state index in [-0.39, 0.29) is 6.61 Å². The Morgan fingerprint density at radius 2 is 2.28 bits per heavy atom. The zero-order chi connectivity index (χ0) is 13.1. The van der Waals surface area contributed by atoms with Gasteiger partial charge in [-0.1, -0.05) is 6.07 Å². The molecule has 1 fully saturated rings. The van der Waals surface area contributed by atoms with Crippen molar-refractivity contribution in [2.75, 3.05) is 24.6 Å². The van der Waals surface area contributed by atoms with Gasteiger partial charge in [-0.05, 0) is 43.4 Å². The molecule has 0 amide bonds. The van der Waals surface area contributed by atoms with Gasteiger partial charge in [0.05, 0.1) is 11.3 Å². The third-order valence-electron chi connectivity index (χ3n) is 3.55. The lowest BCUT2D eigenvalue weighted by Gasteiger charge is -2.21. The molecule has 0 aliphatic carbocycles. The summed E-state index contributed by atoms with van der Waals surface area (Å²) in [5.74, 6) is -0.409. The number of benzene rings is 1. The van der Waals surface area contributed by atoms with E-state index in [1.54, 1.807) is 6.07 Å². The molecule has 1 saturated heterocycles. The number of hydrogen-bond acceptors (Lipinski definition) is 3. The van der Waals surface area contributed by atoms with Crippen LogP contribution in [0.25, 0.3) is 0 Å². The van der Waals surface area contributed by atoms with Gasteiger partial charge in [-0.15, -0.1) is 0 Å². The van der Waals surface area contributed by atoms with Crippen LogP contribution in [-0.2, 0) is 0 Å².